The Bertz CT molecular complexity index is 1410. The third-order valence-electron chi connectivity index (χ3n) is 6.51. The number of rotatable bonds is 10. The van der Waals surface area contributed by atoms with Crippen LogP contribution in [-0.2, 0) is 14.8 Å². The number of hydrogen-bond acceptors (Lipinski definition) is 5. The minimum absolute atomic E-state index is 0.0718. The SMILES string of the molecule is Cc1cc(NS(=O)(=O)CC2CN(C(c3ccc(Cl)cc3)c3ccc(Cl)cc3)C2)cc(C(=O)NC(C)C(=O)O)c1. The topological polar surface area (TPSA) is 116 Å². The van der Waals surface area contributed by atoms with Crippen LogP contribution < -0.4 is 10.0 Å². The van der Waals surface area contributed by atoms with Crippen molar-refractivity contribution in [3.8, 4) is 0 Å². The molecule has 0 radical (unpaired) electrons. The third-order valence-corrected chi connectivity index (χ3v) is 8.47. The molecular formula is C28H29Cl2N3O5S. The first-order valence-corrected chi connectivity index (χ1v) is 14.7. The molecule has 3 N–H and O–H groups in total. The van der Waals surface area contributed by atoms with E-state index in [9.17, 15) is 18.0 Å². The minimum Gasteiger partial charge on any atom is -0.480 e. The molecule has 0 aromatic heterocycles. The predicted octanol–water partition coefficient (Wildman–Crippen LogP) is 4.97. The Morgan fingerprint density at radius 2 is 1.51 bits per heavy atom. The van der Waals surface area contributed by atoms with E-state index in [0.29, 0.717) is 28.7 Å². The van der Waals surface area contributed by atoms with Gasteiger partial charge in [0.05, 0.1) is 11.8 Å². The molecule has 1 amide bonds. The highest BCUT2D eigenvalue weighted by Crippen LogP contribution is 2.36. The van der Waals surface area contributed by atoms with E-state index in [4.69, 9.17) is 28.3 Å². The Morgan fingerprint density at radius 3 is 2.03 bits per heavy atom. The largest absolute Gasteiger partial charge is 0.480 e. The smallest absolute Gasteiger partial charge is 0.325 e. The molecule has 1 unspecified atom stereocenters. The molecule has 1 aliphatic heterocycles. The first-order valence-electron chi connectivity index (χ1n) is 12.3. The highest BCUT2D eigenvalue weighted by molar-refractivity contribution is 7.92. The molecule has 206 valence electrons. The average molecular weight is 591 g/mol. The summed E-state index contributed by atoms with van der Waals surface area (Å²) in [6, 6.07) is 18.7. The molecule has 0 bridgehead atoms. The lowest BCUT2D eigenvalue weighted by molar-refractivity contribution is -0.138. The van der Waals surface area contributed by atoms with Gasteiger partial charge in [0, 0.05) is 40.3 Å². The number of carboxylic acids is 1. The molecule has 1 fully saturated rings. The normalized spacial score (nSPS) is 15.0. The van der Waals surface area contributed by atoms with Crippen molar-refractivity contribution >= 4 is 50.8 Å². The number of carboxylic acid groups (broad SMARTS) is 1. The molecular weight excluding hydrogens is 561 g/mol. The number of sulfonamides is 1. The molecule has 1 atom stereocenters. The van der Waals surface area contributed by atoms with Crippen LogP contribution >= 0.6 is 23.2 Å². The lowest BCUT2D eigenvalue weighted by Crippen LogP contribution is -2.51. The number of aryl methyl sites for hydroxylation is 1. The van der Waals surface area contributed by atoms with Gasteiger partial charge in [0.15, 0.2) is 0 Å². The first kappa shape index (κ1) is 28.9. The summed E-state index contributed by atoms with van der Waals surface area (Å²) in [5.74, 6) is -1.93. The van der Waals surface area contributed by atoms with Gasteiger partial charge in [-0.2, -0.15) is 0 Å². The highest BCUT2D eigenvalue weighted by Gasteiger charge is 2.36. The van der Waals surface area contributed by atoms with Crippen LogP contribution in [0.15, 0.2) is 66.7 Å². The van der Waals surface area contributed by atoms with Crippen LogP contribution in [0.3, 0.4) is 0 Å². The van der Waals surface area contributed by atoms with Crippen LogP contribution in [0, 0.1) is 12.8 Å². The number of benzene rings is 3. The van der Waals surface area contributed by atoms with Crippen LogP contribution in [-0.4, -0.2) is 55.2 Å². The van der Waals surface area contributed by atoms with Crippen LogP contribution in [0.1, 0.15) is 40.0 Å². The number of carbonyl (C=O) groups excluding carboxylic acids is 1. The standard InChI is InChI=1S/C28H29Cl2N3O5S/c1-17-11-22(27(34)31-18(2)28(35)36)13-25(12-17)32-39(37,38)16-19-14-33(15-19)26(20-3-7-23(29)8-4-20)21-5-9-24(30)10-6-21/h3-13,18-19,26,32H,14-16H2,1-2H3,(H,31,34)(H,35,36). The van der Waals surface area contributed by atoms with Crippen molar-refractivity contribution in [2.24, 2.45) is 5.92 Å². The lowest BCUT2D eigenvalue weighted by atomic mass is 9.91. The van der Waals surface area contributed by atoms with Crippen molar-refractivity contribution < 1.29 is 23.1 Å². The number of aliphatic carboxylic acids is 1. The van der Waals surface area contributed by atoms with Crippen molar-refractivity contribution in [2.75, 3.05) is 23.6 Å². The number of nitrogens with one attached hydrogen (secondary N) is 2. The third kappa shape index (κ3) is 7.51. The van der Waals surface area contributed by atoms with Gasteiger partial charge in [-0.1, -0.05) is 47.5 Å². The fourth-order valence-corrected chi connectivity index (χ4v) is 6.32. The zero-order valence-corrected chi connectivity index (χ0v) is 23.7. The molecule has 11 heteroatoms. The number of amides is 1. The van der Waals surface area contributed by atoms with Gasteiger partial charge in [-0.25, -0.2) is 8.42 Å². The average Bonchev–Trinajstić information content (AvgIpc) is 2.83. The zero-order chi connectivity index (χ0) is 28.3. The monoisotopic (exact) mass is 589 g/mol. The molecule has 3 aromatic rings. The summed E-state index contributed by atoms with van der Waals surface area (Å²) < 4.78 is 28.6. The second-order valence-corrected chi connectivity index (χ2v) is 12.5. The molecule has 3 aromatic carbocycles. The van der Waals surface area contributed by atoms with Crippen LogP contribution in [0.4, 0.5) is 5.69 Å². The zero-order valence-electron chi connectivity index (χ0n) is 21.4. The number of likely N-dealkylation sites (tertiary alicyclic amines) is 1. The summed E-state index contributed by atoms with van der Waals surface area (Å²) in [6.45, 7) is 4.23. The molecule has 4 rings (SSSR count). The van der Waals surface area contributed by atoms with E-state index in [-0.39, 0.29) is 29.0 Å². The van der Waals surface area contributed by atoms with Gasteiger partial charge >= 0.3 is 5.97 Å². The second kappa shape index (κ2) is 12.0. The van der Waals surface area contributed by atoms with E-state index in [1.54, 1.807) is 19.1 Å². The van der Waals surface area contributed by atoms with Crippen LogP contribution in [0.2, 0.25) is 10.0 Å². The Balaban J connectivity index is 1.43. The molecule has 1 heterocycles. The fourth-order valence-electron chi connectivity index (χ4n) is 4.68. The van der Waals surface area contributed by atoms with Crippen LogP contribution in [0.25, 0.3) is 0 Å². The molecule has 8 nitrogen and oxygen atoms in total. The van der Waals surface area contributed by atoms with E-state index in [0.717, 1.165) is 11.1 Å². The Morgan fingerprint density at radius 1 is 0.974 bits per heavy atom. The molecule has 1 saturated heterocycles. The van der Waals surface area contributed by atoms with Crippen molar-refractivity contribution in [1.82, 2.24) is 10.2 Å². The van der Waals surface area contributed by atoms with Gasteiger partial charge in [0.2, 0.25) is 10.0 Å². The fraction of sp³-hybridized carbons (Fsp3) is 0.286. The number of nitrogens with zero attached hydrogens (tertiary/aromatic N) is 1. The molecule has 0 saturated carbocycles. The number of halogens is 2. The molecule has 0 aliphatic carbocycles. The number of carbonyl (C=O) groups is 2. The predicted molar refractivity (Wildman–Crippen MR) is 153 cm³/mol. The van der Waals surface area contributed by atoms with Gasteiger partial charge in [0.25, 0.3) is 5.91 Å². The van der Waals surface area contributed by atoms with Gasteiger partial charge < -0.3 is 10.4 Å². The van der Waals surface area contributed by atoms with E-state index in [1.807, 2.05) is 48.5 Å². The number of anilines is 1. The van der Waals surface area contributed by atoms with E-state index >= 15 is 0 Å². The summed E-state index contributed by atoms with van der Waals surface area (Å²) in [5.41, 5.74) is 3.17. The van der Waals surface area contributed by atoms with Gasteiger partial charge in [0.1, 0.15) is 6.04 Å². The molecule has 1 aliphatic rings. The maximum absolute atomic E-state index is 13.0. The summed E-state index contributed by atoms with van der Waals surface area (Å²) in [7, 11) is -3.72. The Hall–Kier alpha value is -3.11. The number of hydrogen-bond donors (Lipinski definition) is 3. The van der Waals surface area contributed by atoms with Gasteiger partial charge in [-0.05, 0) is 73.0 Å². The first-order chi connectivity index (χ1) is 18.4. The molecule has 39 heavy (non-hydrogen) atoms. The maximum Gasteiger partial charge on any atom is 0.325 e. The second-order valence-electron chi connectivity index (χ2n) is 9.83. The maximum atomic E-state index is 13.0. The van der Waals surface area contributed by atoms with Crippen molar-refractivity contribution in [1.29, 1.82) is 0 Å². The van der Waals surface area contributed by atoms with Gasteiger partial charge in [-0.15, -0.1) is 0 Å². The van der Waals surface area contributed by atoms with Gasteiger partial charge in [-0.3, -0.25) is 19.2 Å². The van der Waals surface area contributed by atoms with Crippen molar-refractivity contribution in [2.45, 2.75) is 25.9 Å². The summed E-state index contributed by atoms with van der Waals surface area (Å²) in [4.78, 5) is 25.7. The highest BCUT2D eigenvalue weighted by atomic mass is 35.5. The Labute approximate surface area is 238 Å². The Kier molecular flexibility index (Phi) is 8.86. The van der Waals surface area contributed by atoms with E-state index in [1.165, 1.54) is 13.0 Å². The summed E-state index contributed by atoms with van der Waals surface area (Å²) >= 11 is 12.2. The van der Waals surface area contributed by atoms with E-state index in [2.05, 4.69) is 14.9 Å². The molecule has 0 spiro atoms. The quantitative estimate of drug-likeness (QED) is 0.307. The van der Waals surface area contributed by atoms with E-state index < -0.39 is 27.9 Å². The summed E-state index contributed by atoms with van der Waals surface area (Å²) in [5, 5.41) is 12.7. The minimum atomic E-state index is -3.72. The summed E-state index contributed by atoms with van der Waals surface area (Å²) in [6.07, 6.45) is 0. The van der Waals surface area contributed by atoms with Crippen molar-refractivity contribution in [3.63, 3.8) is 0 Å². The lowest BCUT2D eigenvalue weighted by Gasteiger charge is -2.44. The van der Waals surface area contributed by atoms with Crippen LogP contribution in [0.5, 0.6) is 0 Å². The van der Waals surface area contributed by atoms with Crippen molar-refractivity contribution in [3.05, 3.63) is 99.0 Å².